The minimum absolute atomic E-state index is 0.244. The fourth-order valence-corrected chi connectivity index (χ4v) is 3.88. The van der Waals surface area contributed by atoms with Crippen LogP contribution in [0.15, 0.2) is 42.7 Å². The van der Waals surface area contributed by atoms with Crippen molar-refractivity contribution in [3.63, 3.8) is 0 Å². The number of H-pyrrole nitrogens is 1. The van der Waals surface area contributed by atoms with E-state index in [2.05, 4.69) is 25.6 Å². The number of carbonyl (C=O) groups is 1. The van der Waals surface area contributed by atoms with Crippen molar-refractivity contribution in [1.82, 2.24) is 20.3 Å². The Morgan fingerprint density at radius 3 is 2.91 bits per heavy atom. The van der Waals surface area contributed by atoms with E-state index in [1.807, 2.05) is 13.0 Å². The second-order valence-corrected chi connectivity index (χ2v) is 8.26. The summed E-state index contributed by atoms with van der Waals surface area (Å²) in [6.07, 6.45) is 5.35. The molecule has 1 aromatic carbocycles. The summed E-state index contributed by atoms with van der Waals surface area (Å²) in [6, 6.07) is 8.52. The molecule has 0 spiro atoms. The molecule has 4 N–H and O–H groups in total. The molecule has 0 bridgehead atoms. The molecule has 168 valence electrons. The van der Waals surface area contributed by atoms with E-state index in [0.717, 1.165) is 48.4 Å². The van der Waals surface area contributed by atoms with Gasteiger partial charge in [-0.15, -0.1) is 0 Å². The average Bonchev–Trinajstić information content (AvgIpc) is 3.29. The van der Waals surface area contributed by atoms with Gasteiger partial charge in [-0.3, -0.25) is 4.79 Å². The number of carbonyl (C=O) groups excluding carboxylic acids is 1. The highest BCUT2D eigenvalue weighted by Gasteiger charge is 2.19. The second-order valence-electron chi connectivity index (χ2n) is 7.82. The number of aliphatic hydroxyl groups is 1. The number of aliphatic hydroxyl groups excluding tert-OH is 1. The molecule has 1 aliphatic heterocycles. The molecule has 3 aromatic rings. The van der Waals surface area contributed by atoms with Gasteiger partial charge in [0.2, 0.25) is 5.95 Å². The van der Waals surface area contributed by atoms with Gasteiger partial charge in [-0.1, -0.05) is 23.7 Å². The molecule has 1 aliphatic rings. The number of aryl methyl sites for hydroxylation is 1. The van der Waals surface area contributed by atoms with Gasteiger partial charge in [0, 0.05) is 42.2 Å². The summed E-state index contributed by atoms with van der Waals surface area (Å²) in [5, 5.41) is 16.5. The Hall–Kier alpha value is -2.94. The van der Waals surface area contributed by atoms with Gasteiger partial charge >= 0.3 is 0 Å². The maximum atomic E-state index is 12.8. The van der Waals surface area contributed by atoms with Crippen molar-refractivity contribution in [2.45, 2.75) is 31.8 Å². The number of aromatic nitrogens is 3. The molecule has 8 nitrogen and oxygen atoms in total. The number of hydrogen-bond acceptors (Lipinski definition) is 6. The highest BCUT2D eigenvalue weighted by atomic mass is 35.5. The molecule has 32 heavy (non-hydrogen) atoms. The fraction of sp³-hybridized carbons (Fsp3) is 0.348. The van der Waals surface area contributed by atoms with Crippen LogP contribution >= 0.6 is 11.6 Å². The number of nitrogens with zero attached hydrogens (tertiary/aromatic N) is 2. The Morgan fingerprint density at radius 1 is 1.34 bits per heavy atom. The predicted octanol–water partition coefficient (Wildman–Crippen LogP) is 3.49. The van der Waals surface area contributed by atoms with Crippen LogP contribution in [0.1, 0.15) is 40.5 Å². The summed E-state index contributed by atoms with van der Waals surface area (Å²) in [6.45, 7) is 3.15. The van der Waals surface area contributed by atoms with Crippen molar-refractivity contribution in [2.24, 2.45) is 0 Å². The molecular formula is C23H26ClN5O3. The Labute approximate surface area is 191 Å². The van der Waals surface area contributed by atoms with E-state index >= 15 is 0 Å². The smallest absolute Gasteiger partial charge is 0.268 e. The molecule has 2 aromatic heterocycles. The minimum Gasteiger partial charge on any atom is -0.394 e. The molecular weight excluding hydrogens is 430 g/mol. The Bertz CT molecular complexity index is 1080. The van der Waals surface area contributed by atoms with Crippen molar-refractivity contribution in [1.29, 1.82) is 0 Å². The lowest BCUT2D eigenvalue weighted by Crippen LogP contribution is -2.31. The standard InChI is InChI=1S/C23H26ClN5O3/c1-14-11-26-23(27-18-5-7-32-8-6-18)29-21(14)16-10-19(25-12-16)22(31)28-20(13-30)15-3-2-4-17(24)9-15/h2-4,9-12,18,20,25,30H,5-8,13H2,1H3,(H,28,31)(H,26,27,29). The number of rotatable bonds is 7. The molecule has 1 unspecified atom stereocenters. The summed E-state index contributed by atoms with van der Waals surface area (Å²) in [4.78, 5) is 24.9. The maximum Gasteiger partial charge on any atom is 0.268 e. The van der Waals surface area contributed by atoms with Crippen molar-refractivity contribution < 1.29 is 14.6 Å². The molecule has 0 saturated carbocycles. The number of nitrogens with one attached hydrogen (secondary N) is 3. The average molecular weight is 456 g/mol. The third kappa shape index (κ3) is 5.27. The van der Waals surface area contributed by atoms with Gasteiger partial charge in [0.15, 0.2) is 0 Å². The van der Waals surface area contributed by atoms with Crippen molar-refractivity contribution in [3.05, 3.63) is 64.6 Å². The van der Waals surface area contributed by atoms with Gasteiger partial charge in [-0.05, 0) is 49.1 Å². The molecule has 1 saturated heterocycles. The molecule has 1 fully saturated rings. The first kappa shape index (κ1) is 22.3. The summed E-state index contributed by atoms with van der Waals surface area (Å²) < 4.78 is 5.40. The SMILES string of the molecule is Cc1cnc(NC2CCOCC2)nc1-c1c[nH]c(C(=O)NC(CO)c2cccc(Cl)c2)c1. The lowest BCUT2D eigenvalue weighted by Gasteiger charge is -2.23. The van der Waals surface area contributed by atoms with Crippen LogP contribution in [0.25, 0.3) is 11.3 Å². The molecule has 4 rings (SSSR count). The van der Waals surface area contributed by atoms with Crippen LogP contribution in [0.3, 0.4) is 0 Å². The first-order valence-corrected chi connectivity index (χ1v) is 10.9. The monoisotopic (exact) mass is 455 g/mol. The molecule has 9 heteroatoms. The maximum absolute atomic E-state index is 12.8. The zero-order valence-corrected chi connectivity index (χ0v) is 18.5. The van der Waals surface area contributed by atoms with Gasteiger partial charge in [0.1, 0.15) is 5.69 Å². The van der Waals surface area contributed by atoms with Crippen LogP contribution in [0.5, 0.6) is 0 Å². The van der Waals surface area contributed by atoms with Crippen molar-refractivity contribution in [3.8, 4) is 11.3 Å². The van der Waals surface area contributed by atoms with Gasteiger partial charge in [0.05, 0.1) is 18.3 Å². The minimum atomic E-state index is -0.566. The van der Waals surface area contributed by atoms with E-state index in [-0.39, 0.29) is 18.6 Å². The summed E-state index contributed by atoms with van der Waals surface area (Å²) in [7, 11) is 0. The van der Waals surface area contributed by atoms with E-state index in [0.29, 0.717) is 16.7 Å². The van der Waals surface area contributed by atoms with Crippen molar-refractivity contribution >= 4 is 23.5 Å². The van der Waals surface area contributed by atoms with Crippen LogP contribution < -0.4 is 10.6 Å². The molecule has 1 atom stereocenters. The first-order chi connectivity index (χ1) is 15.5. The van der Waals surface area contributed by atoms with Crippen LogP contribution in [0.4, 0.5) is 5.95 Å². The molecule has 0 radical (unpaired) electrons. The van der Waals surface area contributed by atoms with E-state index in [1.54, 1.807) is 36.7 Å². The topological polar surface area (TPSA) is 112 Å². The lowest BCUT2D eigenvalue weighted by molar-refractivity contribution is 0.0902. The van der Waals surface area contributed by atoms with E-state index in [4.69, 9.17) is 16.3 Å². The molecule has 0 aliphatic carbocycles. The van der Waals surface area contributed by atoms with E-state index in [1.165, 1.54) is 0 Å². The van der Waals surface area contributed by atoms with Gasteiger partial charge in [-0.25, -0.2) is 9.97 Å². The fourth-order valence-electron chi connectivity index (χ4n) is 3.68. The highest BCUT2D eigenvalue weighted by Crippen LogP contribution is 2.24. The number of aromatic amines is 1. The zero-order valence-electron chi connectivity index (χ0n) is 17.8. The van der Waals surface area contributed by atoms with Crippen LogP contribution in [-0.4, -0.2) is 51.8 Å². The first-order valence-electron chi connectivity index (χ1n) is 10.6. The predicted molar refractivity (Wildman–Crippen MR) is 123 cm³/mol. The van der Waals surface area contributed by atoms with E-state index < -0.39 is 6.04 Å². The van der Waals surface area contributed by atoms with Crippen LogP contribution in [0, 0.1) is 6.92 Å². The van der Waals surface area contributed by atoms with E-state index in [9.17, 15) is 9.90 Å². The summed E-state index contributed by atoms with van der Waals surface area (Å²) >= 11 is 6.04. The second kappa shape index (κ2) is 10.1. The summed E-state index contributed by atoms with van der Waals surface area (Å²) in [5.74, 6) is 0.230. The van der Waals surface area contributed by atoms with Gasteiger partial charge < -0.3 is 25.5 Å². The molecule has 3 heterocycles. The molecule has 1 amide bonds. The third-order valence-electron chi connectivity index (χ3n) is 5.47. The number of hydrogen-bond donors (Lipinski definition) is 4. The number of ether oxygens (including phenoxy) is 1. The van der Waals surface area contributed by atoms with Gasteiger partial charge in [0.25, 0.3) is 5.91 Å². The highest BCUT2D eigenvalue weighted by molar-refractivity contribution is 6.30. The number of benzene rings is 1. The van der Waals surface area contributed by atoms with Crippen LogP contribution in [0.2, 0.25) is 5.02 Å². The zero-order chi connectivity index (χ0) is 22.5. The number of anilines is 1. The lowest BCUT2D eigenvalue weighted by atomic mass is 10.1. The number of halogens is 1. The Kier molecular flexibility index (Phi) is 7.04. The van der Waals surface area contributed by atoms with Gasteiger partial charge in [-0.2, -0.15) is 0 Å². The quantitative estimate of drug-likeness (QED) is 0.434. The Balaban J connectivity index is 1.49. The third-order valence-corrected chi connectivity index (χ3v) is 5.70. The van der Waals surface area contributed by atoms with Crippen LogP contribution in [-0.2, 0) is 4.74 Å². The van der Waals surface area contributed by atoms with Crippen molar-refractivity contribution in [2.75, 3.05) is 25.1 Å². The number of amides is 1. The summed E-state index contributed by atoms with van der Waals surface area (Å²) in [5.41, 5.74) is 3.54. The Morgan fingerprint density at radius 2 is 2.16 bits per heavy atom. The normalized spacial score (nSPS) is 15.3. The largest absolute Gasteiger partial charge is 0.394 e.